The molecule has 1 aliphatic carbocycles. The molecule has 0 amide bonds. The van der Waals surface area contributed by atoms with E-state index in [1.54, 1.807) is 13.4 Å². The molecule has 1 N–H and O–H groups in total. The maximum absolute atomic E-state index is 5.62. The third kappa shape index (κ3) is 2.47. The van der Waals surface area contributed by atoms with Crippen LogP contribution in [0.4, 0.5) is 0 Å². The third-order valence-corrected chi connectivity index (χ3v) is 3.62. The molecule has 1 aromatic carbocycles. The Morgan fingerprint density at radius 3 is 3.00 bits per heavy atom. The van der Waals surface area contributed by atoms with Gasteiger partial charge >= 0.3 is 0 Å². The molecule has 0 spiro atoms. The zero-order chi connectivity index (χ0) is 13.2. The van der Waals surface area contributed by atoms with Crippen LogP contribution in [0.5, 0.6) is 0 Å². The number of aromatic nitrogens is 3. The summed E-state index contributed by atoms with van der Waals surface area (Å²) in [5, 5.41) is 6.70. The maximum atomic E-state index is 5.62. The Balaban J connectivity index is 1.84. The van der Waals surface area contributed by atoms with Crippen LogP contribution in [0.25, 0.3) is 5.69 Å². The Morgan fingerprint density at radius 2 is 2.26 bits per heavy atom. The first-order valence-corrected chi connectivity index (χ1v) is 6.53. The van der Waals surface area contributed by atoms with Crippen LogP contribution in [0.2, 0.25) is 0 Å². The molecule has 1 unspecified atom stereocenters. The number of fused-ring (bicyclic) bond motifs is 1. The number of benzene rings is 1. The van der Waals surface area contributed by atoms with Crippen LogP contribution in [-0.2, 0) is 22.3 Å². The summed E-state index contributed by atoms with van der Waals surface area (Å²) in [4.78, 5) is 0. The number of ether oxygens (including phenoxy) is 2. The lowest BCUT2D eigenvalue weighted by atomic mass is 10.1. The maximum Gasteiger partial charge on any atom is 0.199 e. The van der Waals surface area contributed by atoms with Crippen molar-refractivity contribution in [3.05, 3.63) is 40.4 Å². The summed E-state index contributed by atoms with van der Waals surface area (Å²) in [5.74, 6) is 0. The van der Waals surface area contributed by atoms with E-state index in [-0.39, 0.29) is 6.10 Å². The number of aromatic amines is 1. The van der Waals surface area contributed by atoms with Crippen LogP contribution >= 0.6 is 12.2 Å². The molecule has 5 nitrogen and oxygen atoms in total. The number of methoxy groups -OCH3 is 1. The van der Waals surface area contributed by atoms with E-state index in [2.05, 4.69) is 28.4 Å². The van der Waals surface area contributed by atoms with Gasteiger partial charge < -0.3 is 9.47 Å². The van der Waals surface area contributed by atoms with Gasteiger partial charge in [0, 0.05) is 12.8 Å². The second kappa shape index (κ2) is 5.24. The highest BCUT2D eigenvalue weighted by molar-refractivity contribution is 7.71. The number of H-pyrrole nitrogens is 1. The van der Waals surface area contributed by atoms with E-state index in [0.717, 1.165) is 18.5 Å². The van der Waals surface area contributed by atoms with Gasteiger partial charge in [-0.2, -0.15) is 5.10 Å². The van der Waals surface area contributed by atoms with Crippen molar-refractivity contribution in [3.8, 4) is 5.69 Å². The topological polar surface area (TPSA) is 52.1 Å². The first kappa shape index (κ1) is 12.5. The van der Waals surface area contributed by atoms with Gasteiger partial charge in [-0.15, -0.1) is 0 Å². The van der Waals surface area contributed by atoms with E-state index in [0.29, 0.717) is 11.6 Å². The molecule has 0 aliphatic heterocycles. The van der Waals surface area contributed by atoms with E-state index in [9.17, 15) is 0 Å². The smallest absolute Gasteiger partial charge is 0.199 e. The average Bonchev–Trinajstić information content (AvgIpc) is 3.00. The van der Waals surface area contributed by atoms with Crippen molar-refractivity contribution in [2.45, 2.75) is 18.9 Å². The highest BCUT2D eigenvalue weighted by Gasteiger charge is 2.22. The van der Waals surface area contributed by atoms with E-state index in [1.807, 2.05) is 4.57 Å². The minimum atomic E-state index is 0.211. The lowest BCUT2D eigenvalue weighted by Gasteiger charge is -2.08. The molecular weight excluding hydrogens is 262 g/mol. The zero-order valence-electron chi connectivity index (χ0n) is 10.6. The van der Waals surface area contributed by atoms with E-state index in [1.165, 1.54) is 11.1 Å². The van der Waals surface area contributed by atoms with Crippen LogP contribution in [-0.4, -0.2) is 34.8 Å². The number of hydrogen-bond donors (Lipinski definition) is 1. The quantitative estimate of drug-likeness (QED) is 0.686. The SMILES string of the molecule is COCOC1Cc2ccc(-n3cn[nH]c3=S)cc2C1. The molecule has 0 saturated heterocycles. The number of hydrogen-bond acceptors (Lipinski definition) is 4. The van der Waals surface area contributed by atoms with E-state index in [4.69, 9.17) is 21.7 Å². The van der Waals surface area contributed by atoms with Crippen LogP contribution in [0.1, 0.15) is 11.1 Å². The predicted octanol–water partition coefficient (Wildman–Crippen LogP) is 2.02. The fourth-order valence-electron chi connectivity index (χ4n) is 2.43. The van der Waals surface area contributed by atoms with Crippen LogP contribution in [0.3, 0.4) is 0 Å². The summed E-state index contributed by atoms with van der Waals surface area (Å²) in [5.41, 5.74) is 3.67. The van der Waals surface area contributed by atoms with Crippen molar-refractivity contribution in [1.82, 2.24) is 14.8 Å². The molecule has 0 bridgehead atoms. The number of nitrogens with zero attached hydrogens (tertiary/aromatic N) is 2. The second-order valence-electron chi connectivity index (χ2n) is 4.59. The fraction of sp³-hybridized carbons (Fsp3) is 0.385. The largest absolute Gasteiger partial charge is 0.359 e. The van der Waals surface area contributed by atoms with Crippen molar-refractivity contribution in [2.24, 2.45) is 0 Å². The lowest BCUT2D eigenvalue weighted by Crippen LogP contribution is -2.14. The first-order valence-electron chi connectivity index (χ1n) is 6.12. The van der Waals surface area contributed by atoms with Gasteiger partial charge in [0.1, 0.15) is 13.1 Å². The van der Waals surface area contributed by atoms with Crippen molar-refractivity contribution in [2.75, 3.05) is 13.9 Å². The zero-order valence-corrected chi connectivity index (χ0v) is 11.4. The normalized spacial score (nSPS) is 17.6. The van der Waals surface area contributed by atoms with Gasteiger partial charge in [-0.1, -0.05) is 6.07 Å². The molecule has 1 aliphatic rings. The van der Waals surface area contributed by atoms with Crippen molar-refractivity contribution in [1.29, 1.82) is 0 Å². The monoisotopic (exact) mass is 277 g/mol. The standard InChI is InChI=1S/C13H15N3O2S/c1-17-8-18-12-5-9-2-3-11(4-10(9)6-12)16-7-14-15-13(16)19/h2-4,7,12H,5-6,8H2,1H3,(H,15,19). The Bertz CT molecular complexity index is 635. The number of rotatable bonds is 4. The van der Waals surface area contributed by atoms with Gasteiger partial charge in [-0.25, -0.2) is 0 Å². The summed E-state index contributed by atoms with van der Waals surface area (Å²) in [6, 6.07) is 6.34. The third-order valence-electron chi connectivity index (χ3n) is 3.34. The first-order chi connectivity index (χ1) is 9.28. The van der Waals surface area contributed by atoms with E-state index < -0.39 is 0 Å². The highest BCUT2D eigenvalue weighted by atomic mass is 32.1. The lowest BCUT2D eigenvalue weighted by molar-refractivity contribution is -0.0675. The molecule has 0 fully saturated rings. The molecule has 6 heteroatoms. The molecule has 1 heterocycles. The highest BCUT2D eigenvalue weighted by Crippen LogP contribution is 2.26. The van der Waals surface area contributed by atoms with Gasteiger partial charge in [-0.05, 0) is 48.3 Å². The van der Waals surface area contributed by atoms with Gasteiger partial charge in [0.25, 0.3) is 0 Å². The van der Waals surface area contributed by atoms with Gasteiger partial charge in [0.05, 0.1) is 6.10 Å². The summed E-state index contributed by atoms with van der Waals surface area (Å²) in [7, 11) is 1.64. The summed E-state index contributed by atoms with van der Waals surface area (Å²) < 4.78 is 13.0. The summed E-state index contributed by atoms with van der Waals surface area (Å²) >= 11 is 5.18. The molecule has 2 aromatic rings. The van der Waals surface area contributed by atoms with Gasteiger partial charge in [0.15, 0.2) is 4.77 Å². The second-order valence-corrected chi connectivity index (χ2v) is 4.97. The molecule has 19 heavy (non-hydrogen) atoms. The van der Waals surface area contributed by atoms with Gasteiger partial charge in [0.2, 0.25) is 0 Å². The Labute approximate surface area is 116 Å². The van der Waals surface area contributed by atoms with Crippen LogP contribution in [0.15, 0.2) is 24.5 Å². The summed E-state index contributed by atoms with van der Waals surface area (Å²) in [6.07, 6.45) is 3.76. The average molecular weight is 277 g/mol. The molecule has 0 radical (unpaired) electrons. The molecule has 1 atom stereocenters. The molecule has 1 aromatic heterocycles. The Hall–Kier alpha value is -1.50. The Morgan fingerprint density at radius 1 is 1.42 bits per heavy atom. The minimum Gasteiger partial charge on any atom is -0.359 e. The van der Waals surface area contributed by atoms with Crippen molar-refractivity contribution >= 4 is 12.2 Å². The molecule has 100 valence electrons. The predicted molar refractivity (Wildman–Crippen MR) is 72.9 cm³/mol. The Kier molecular flexibility index (Phi) is 3.46. The molecule has 0 saturated carbocycles. The van der Waals surface area contributed by atoms with E-state index >= 15 is 0 Å². The van der Waals surface area contributed by atoms with Gasteiger partial charge in [-0.3, -0.25) is 9.67 Å². The fourth-order valence-corrected chi connectivity index (χ4v) is 2.63. The molecule has 3 rings (SSSR count). The van der Waals surface area contributed by atoms with Crippen LogP contribution in [0, 0.1) is 4.77 Å². The summed E-state index contributed by atoms with van der Waals surface area (Å²) in [6.45, 7) is 0.346. The van der Waals surface area contributed by atoms with Crippen LogP contribution < -0.4 is 0 Å². The van der Waals surface area contributed by atoms with Crippen molar-refractivity contribution < 1.29 is 9.47 Å². The minimum absolute atomic E-state index is 0.211. The number of nitrogens with one attached hydrogen (secondary N) is 1. The van der Waals surface area contributed by atoms with Crippen molar-refractivity contribution in [3.63, 3.8) is 0 Å². The molecular formula is C13H15N3O2S.